The molecule has 0 amide bonds. The zero-order chi connectivity index (χ0) is 20.9. The van der Waals surface area contributed by atoms with Crippen LogP contribution in [-0.4, -0.2) is 17.3 Å². The third-order valence-corrected chi connectivity index (χ3v) is 4.98. The van der Waals surface area contributed by atoms with E-state index >= 15 is 0 Å². The Morgan fingerprint density at radius 2 is 1.80 bits per heavy atom. The number of nitrogens with one attached hydrogen (secondary N) is 1. The van der Waals surface area contributed by atoms with Crippen LogP contribution in [0.1, 0.15) is 35.5 Å². The van der Waals surface area contributed by atoms with Gasteiger partial charge >= 0.3 is 0 Å². The third kappa shape index (κ3) is 4.51. The Labute approximate surface area is 176 Å². The summed E-state index contributed by atoms with van der Waals surface area (Å²) in [7, 11) is 1.70. The minimum Gasteiger partial charge on any atom is -0.496 e. The van der Waals surface area contributed by atoms with Crippen LogP contribution in [0.2, 0.25) is 0 Å². The number of benzene rings is 3. The first-order valence-corrected chi connectivity index (χ1v) is 10.00. The molecule has 3 aromatic carbocycles. The lowest BCUT2D eigenvalue weighted by atomic mass is 10.0. The Balaban J connectivity index is 1.52. The minimum absolute atomic E-state index is 0.131. The SMILES string of the molecule is COc1ccc(N[C@@H](C)c2nnc(-c3cccc(C)c3)o2)cc1Cc1ccccc1. The number of aryl methyl sites for hydroxylation is 1. The van der Waals surface area contributed by atoms with E-state index < -0.39 is 0 Å². The van der Waals surface area contributed by atoms with E-state index in [1.54, 1.807) is 7.11 Å². The maximum atomic E-state index is 5.92. The molecule has 1 atom stereocenters. The van der Waals surface area contributed by atoms with Crippen molar-refractivity contribution >= 4 is 5.69 Å². The van der Waals surface area contributed by atoms with Gasteiger partial charge in [0.1, 0.15) is 11.8 Å². The summed E-state index contributed by atoms with van der Waals surface area (Å²) in [5.41, 5.74) is 5.41. The molecule has 152 valence electrons. The molecule has 0 saturated heterocycles. The van der Waals surface area contributed by atoms with E-state index in [0.29, 0.717) is 11.8 Å². The van der Waals surface area contributed by atoms with E-state index in [4.69, 9.17) is 9.15 Å². The zero-order valence-electron chi connectivity index (χ0n) is 17.4. The topological polar surface area (TPSA) is 60.2 Å². The van der Waals surface area contributed by atoms with Crippen LogP contribution in [0.3, 0.4) is 0 Å². The van der Waals surface area contributed by atoms with Gasteiger partial charge in [0.2, 0.25) is 11.8 Å². The van der Waals surface area contributed by atoms with Gasteiger partial charge in [-0.05, 0) is 49.7 Å². The third-order valence-electron chi connectivity index (χ3n) is 4.98. The Kier molecular flexibility index (Phi) is 5.80. The molecule has 0 aliphatic rings. The average molecular weight is 399 g/mol. The summed E-state index contributed by atoms with van der Waals surface area (Å²) >= 11 is 0. The summed E-state index contributed by atoms with van der Waals surface area (Å²) in [5, 5.41) is 11.9. The molecule has 1 heterocycles. The number of nitrogens with zero attached hydrogens (tertiary/aromatic N) is 2. The van der Waals surface area contributed by atoms with Crippen molar-refractivity contribution in [3.63, 3.8) is 0 Å². The second kappa shape index (κ2) is 8.82. The van der Waals surface area contributed by atoms with Gasteiger partial charge in [0.05, 0.1) is 7.11 Å². The molecule has 4 rings (SSSR count). The highest BCUT2D eigenvalue weighted by Crippen LogP contribution is 2.28. The van der Waals surface area contributed by atoms with Gasteiger partial charge in [-0.2, -0.15) is 0 Å². The van der Waals surface area contributed by atoms with Gasteiger partial charge < -0.3 is 14.5 Å². The quantitative estimate of drug-likeness (QED) is 0.424. The van der Waals surface area contributed by atoms with E-state index in [2.05, 4.69) is 33.7 Å². The minimum atomic E-state index is -0.131. The molecule has 30 heavy (non-hydrogen) atoms. The van der Waals surface area contributed by atoms with Crippen molar-refractivity contribution in [1.29, 1.82) is 0 Å². The number of hydrogen-bond acceptors (Lipinski definition) is 5. The molecular formula is C25H25N3O2. The number of ether oxygens (including phenoxy) is 1. The molecule has 0 bridgehead atoms. The van der Waals surface area contributed by atoms with E-state index in [0.717, 1.165) is 34.5 Å². The van der Waals surface area contributed by atoms with Gasteiger partial charge in [0, 0.05) is 23.2 Å². The lowest BCUT2D eigenvalue weighted by Crippen LogP contribution is -2.07. The smallest absolute Gasteiger partial charge is 0.247 e. The summed E-state index contributed by atoms with van der Waals surface area (Å²) in [6.07, 6.45) is 0.798. The van der Waals surface area contributed by atoms with Gasteiger partial charge in [-0.1, -0.05) is 48.0 Å². The van der Waals surface area contributed by atoms with Crippen LogP contribution in [0.25, 0.3) is 11.5 Å². The lowest BCUT2D eigenvalue weighted by molar-refractivity contribution is 0.410. The Morgan fingerprint density at radius 3 is 2.57 bits per heavy atom. The normalized spacial score (nSPS) is 11.8. The standard InChI is InChI=1S/C25H25N3O2/c1-17-8-7-11-20(14-17)25-28-27-24(30-25)18(2)26-22-12-13-23(29-3)21(16-22)15-19-9-5-4-6-10-19/h4-14,16,18,26H,15H2,1-3H3/t18-/m0/s1. The number of anilines is 1. The fourth-order valence-electron chi connectivity index (χ4n) is 3.44. The first kappa shape index (κ1) is 19.7. The molecule has 0 aliphatic carbocycles. The summed E-state index contributed by atoms with van der Waals surface area (Å²) in [4.78, 5) is 0. The fraction of sp³-hybridized carbons (Fsp3) is 0.200. The first-order chi connectivity index (χ1) is 14.6. The molecule has 1 aromatic heterocycles. The average Bonchev–Trinajstić information content (AvgIpc) is 3.25. The van der Waals surface area contributed by atoms with E-state index in [1.807, 2.05) is 68.4 Å². The van der Waals surface area contributed by atoms with Crippen molar-refractivity contribution in [2.45, 2.75) is 26.3 Å². The number of hydrogen-bond donors (Lipinski definition) is 1. The predicted octanol–water partition coefficient (Wildman–Crippen LogP) is 5.82. The molecule has 0 aliphatic heterocycles. The van der Waals surface area contributed by atoms with Crippen LogP contribution in [0.5, 0.6) is 5.75 Å². The maximum absolute atomic E-state index is 5.92. The van der Waals surface area contributed by atoms with Crippen molar-refractivity contribution in [2.24, 2.45) is 0 Å². The van der Waals surface area contributed by atoms with Crippen LogP contribution >= 0.6 is 0 Å². The highest BCUT2D eigenvalue weighted by molar-refractivity contribution is 5.55. The summed E-state index contributed by atoms with van der Waals surface area (Å²) in [6.45, 7) is 4.05. The van der Waals surface area contributed by atoms with Crippen molar-refractivity contribution in [3.8, 4) is 17.2 Å². The molecule has 4 aromatic rings. The fourth-order valence-corrected chi connectivity index (χ4v) is 3.44. The predicted molar refractivity (Wildman–Crippen MR) is 119 cm³/mol. The number of aromatic nitrogens is 2. The van der Waals surface area contributed by atoms with Crippen LogP contribution in [0.15, 0.2) is 77.2 Å². The molecule has 0 saturated carbocycles. The highest BCUT2D eigenvalue weighted by Gasteiger charge is 2.16. The Morgan fingerprint density at radius 1 is 0.967 bits per heavy atom. The van der Waals surface area contributed by atoms with Crippen LogP contribution in [0.4, 0.5) is 5.69 Å². The van der Waals surface area contributed by atoms with Crippen LogP contribution in [0, 0.1) is 6.92 Å². The van der Waals surface area contributed by atoms with Gasteiger partial charge in [0.25, 0.3) is 0 Å². The Bertz CT molecular complexity index is 1120. The number of methoxy groups -OCH3 is 1. The van der Waals surface area contributed by atoms with Gasteiger partial charge in [-0.3, -0.25) is 0 Å². The summed E-state index contributed by atoms with van der Waals surface area (Å²) < 4.78 is 11.5. The second-order valence-electron chi connectivity index (χ2n) is 7.37. The van der Waals surface area contributed by atoms with Crippen LogP contribution in [-0.2, 0) is 6.42 Å². The highest BCUT2D eigenvalue weighted by atomic mass is 16.5. The van der Waals surface area contributed by atoms with E-state index in [1.165, 1.54) is 5.56 Å². The molecule has 5 nitrogen and oxygen atoms in total. The molecule has 0 spiro atoms. The largest absolute Gasteiger partial charge is 0.496 e. The van der Waals surface area contributed by atoms with Crippen molar-refractivity contribution in [1.82, 2.24) is 10.2 Å². The Hall–Kier alpha value is -3.60. The molecular weight excluding hydrogens is 374 g/mol. The van der Waals surface area contributed by atoms with Gasteiger partial charge in [-0.25, -0.2) is 0 Å². The number of rotatable bonds is 7. The van der Waals surface area contributed by atoms with E-state index in [-0.39, 0.29) is 6.04 Å². The maximum Gasteiger partial charge on any atom is 0.247 e. The second-order valence-corrected chi connectivity index (χ2v) is 7.37. The lowest BCUT2D eigenvalue weighted by Gasteiger charge is -2.15. The molecule has 0 radical (unpaired) electrons. The summed E-state index contributed by atoms with van der Waals surface area (Å²) in [6, 6.07) is 24.4. The van der Waals surface area contributed by atoms with Gasteiger partial charge in [0.15, 0.2) is 0 Å². The zero-order valence-corrected chi connectivity index (χ0v) is 17.4. The molecule has 0 unspecified atom stereocenters. The molecule has 5 heteroatoms. The van der Waals surface area contributed by atoms with Crippen molar-refractivity contribution < 1.29 is 9.15 Å². The van der Waals surface area contributed by atoms with Crippen LogP contribution < -0.4 is 10.1 Å². The van der Waals surface area contributed by atoms with Crippen molar-refractivity contribution in [2.75, 3.05) is 12.4 Å². The van der Waals surface area contributed by atoms with E-state index in [9.17, 15) is 0 Å². The summed E-state index contributed by atoms with van der Waals surface area (Å²) in [5.74, 6) is 1.95. The first-order valence-electron chi connectivity index (χ1n) is 10.00. The van der Waals surface area contributed by atoms with Gasteiger partial charge in [-0.15, -0.1) is 10.2 Å². The van der Waals surface area contributed by atoms with Crippen molar-refractivity contribution in [3.05, 3.63) is 95.4 Å². The monoisotopic (exact) mass is 399 g/mol. The molecule has 0 fully saturated rings. The molecule has 1 N–H and O–H groups in total.